The summed E-state index contributed by atoms with van der Waals surface area (Å²) in [6, 6.07) is 5.30. The van der Waals surface area contributed by atoms with Crippen molar-refractivity contribution in [3.8, 4) is 0 Å². The lowest BCUT2D eigenvalue weighted by Gasteiger charge is -2.26. The van der Waals surface area contributed by atoms with Gasteiger partial charge >= 0.3 is 0 Å². The minimum atomic E-state index is -0.0397. The van der Waals surface area contributed by atoms with Crippen LogP contribution in [0, 0.1) is 11.8 Å². The first-order valence-electron chi connectivity index (χ1n) is 7.39. The molecule has 1 aromatic carbocycles. The number of amides is 1. The molecule has 1 fully saturated rings. The van der Waals surface area contributed by atoms with E-state index in [0.717, 1.165) is 29.3 Å². The highest BCUT2D eigenvalue weighted by atomic mass is 79.9. The molecule has 0 radical (unpaired) electrons. The maximum Gasteiger partial charge on any atom is 0.251 e. The van der Waals surface area contributed by atoms with Gasteiger partial charge in [0.15, 0.2) is 0 Å². The van der Waals surface area contributed by atoms with Crippen molar-refractivity contribution in [2.75, 3.05) is 12.3 Å². The van der Waals surface area contributed by atoms with E-state index < -0.39 is 0 Å². The van der Waals surface area contributed by atoms with Crippen LogP contribution < -0.4 is 11.1 Å². The van der Waals surface area contributed by atoms with Gasteiger partial charge < -0.3 is 11.1 Å². The summed E-state index contributed by atoms with van der Waals surface area (Å²) in [5.41, 5.74) is 6.97. The van der Waals surface area contributed by atoms with E-state index in [2.05, 4.69) is 28.2 Å². The first-order chi connectivity index (χ1) is 9.54. The normalized spacial score (nSPS) is 22.5. The van der Waals surface area contributed by atoms with Crippen molar-refractivity contribution in [2.45, 2.75) is 39.0 Å². The molecule has 3 nitrogen and oxygen atoms in total. The lowest BCUT2D eigenvalue weighted by atomic mass is 9.81. The number of nitrogen functional groups attached to an aromatic ring is 1. The maximum atomic E-state index is 12.1. The predicted molar refractivity (Wildman–Crippen MR) is 86.6 cm³/mol. The van der Waals surface area contributed by atoms with Crippen LogP contribution in [0.25, 0.3) is 0 Å². The summed E-state index contributed by atoms with van der Waals surface area (Å²) in [5, 5.41) is 3.00. The van der Waals surface area contributed by atoms with E-state index >= 15 is 0 Å². The van der Waals surface area contributed by atoms with Crippen LogP contribution in [0.2, 0.25) is 0 Å². The summed E-state index contributed by atoms with van der Waals surface area (Å²) in [7, 11) is 0. The minimum absolute atomic E-state index is 0.0397. The van der Waals surface area contributed by atoms with E-state index in [1.807, 2.05) is 0 Å². The van der Waals surface area contributed by atoms with E-state index in [1.165, 1.54) is 25.7 Å². The quantitative estimate of drug-likeness (QED) is 0.816. The summed E-state index contributed by atoms with van der Waals surface area (Å²) in [5.74, 6) is 1.62. The van der Waals surface area contributed by atoms with Crippen molar-refractivity contribution >= 4 is 27.5 Å². The predicted octanol–water partition coefficient (Wildman–Crippen LogP) is 3.98. The topological polar surface area (TPSA) is 55.1 Å². The second-order valence-corrected chi connectivity index (χ2v) is 6.86. The zero-order valence-electron chi connectivity index (χ0n) is 12.0. The number of carbonyl (C=O) groups is 1. The molecule has 1 aromatic rings. The Kier molecular flexibility index (Phi) is 5.46. The third kappa shape index (κ3) is 4.51. The second-order valence-electron chi connectivity index (χ2n) is 5.94. The van der Waals surface area contributed by atoms with E-state index in [9.17, 15) is 4.79 Å². The molecular formula is C16H23BrN2O. The monoisotopic (exact) mass is 338 g/mol. The number of halogens is 1. The summed E-state index contributed by atoms with van der Waals surface area (Å²) in [6.07, 6.45) is 6.37. The third-order valence-corrected chi connectivity index (χ3v) is 4.61. The Morgan fingerprint density at radius 3 is 2.65 bits per heavy atom. The Labute approximate surface area is 129 Å². The second kappa shape index (κ2) is 7.11. The fourth-order valence-electron chi connectivity index (χ4n) is 2.85. The first kappa shape index (κ1) is 15.4. The zero-order valence-corrected chi connectivity index (χ0v) is 13.6. The fourth-order valence-corrected chi connectivity index (χ4v) is 3.36. The van der Waals surface area contributed by atoms with Gasteiger partial charge in [0.05, 0.1) is 0 Å². The largest absolute Gasteiger partial charge is 0.399 e. The van der Waals surface area contributed by atoms with Gasteiger partial charge in [0.1, 0.15) is 0 Å². The number of carbonyl (C=O) groups excluding carboxylic acids is 1. The Morgan fingerprint density at radius 2 is 2.00 bits per heavy atom. The molecule has 3 N–H and O–H groups in total. The van der Waals surface area contributed by atoms with Crippen LogP contribution in [-0.2, 0) is 0 Å². The highest BCUT2D eigenvalue weighted by molar-refractivity contribution is 9.10. The smallest absolute Gasteiger partial charge is 0.251 e. The number of anilines is 1. The van der Waals surface area contributed by atoms with Gasteiger partial charge in [-0.25, -0.2) is 0 Å². The van der Waals surface area contributed by atoms with Gasteiger partial charge in [-0.3, -0.25) is 4.79 Å². The average molecular weight is 339 g/mol. The number of benzene rings is 1. The molecule has 1 amide bonds. The molecule has 20 heavy (non-hydrogen) atoms. The molecule has 1 aliphatic rings. The number of hydrogen-bond donors (Lipinski definition) is 2. The van der Waals surface area contributed by atoms with E-state index in [4.69, 9.17) is 5.73 Å². The van der Waals surface area contributed by atoms with Crippen LogP contribution in [0.15, 0.2) is 22.7 Å². The van der Waals surface area contributed by atoms with Gasteiger partial charge in [-0.2, -0.15) is 0 Å². The summed E-state index contributed by atoms with van der Waals surface area (Å²) >= 11 is 3.36. The van der Waals surface area contributed by atoms with Crippen molar-refractivity contribution in [1.82, 2.24) is 5.32 Å². The molecule has 0 saturated heterocycles. The summed E-state index contributed by atoms with van der Waals surface area (Å²) in [4.78, 5) is 12.1. The van der Waals surface area contributed by atoms with E-state index in [0.29, 0.717) is 11.3 Å². The van der Waals surface area contributed by atoms with Gasteiger partial charge in [0.2, 0.25) is 0 Å². The molecule has 1 saturated carbocycles. The molecule has 0 atom stereocenters. The van der Waals surface area contributed by atoms with Crippen LogP contribution in [-0.4, -0.2) is 12.5 Å². The van der Waals surface area contributed by atoms with Crippen molar-refractivity contribution < 1.29 is 4.79 Å². The fraction of sp³-hybridized carbons (Fsp3) is 0.562. The maximum absolute atomic E-state index is 12.1. The molecular weight excluding hydrogens is 316 g/mol. The Hall–Kier alpha value is -1.03. The van der Waals surface area contributed by atoms with Gasteiger partial charge in [0, 0.05) is 22.3 Å². The van der Waals surface area contributed by atoms with Gasteiger partial charge in [-0.15, -0.1) is 0 Å². The zero-order chi connectivity index (χ0) is 14.5. The van der Waals surface area contributed by atoms with Crippen molar-refractivity contribution in [3.63, 3.8) is 0 Å². The van der Waals surface area contributed by atoms with Crippen LogP contribution >= 0.6 is 15.9 Å². The van der Waals surface area contributed by atoms with Gasteiger partial charge in [0.25, 0.3) is 5.91 Å². The number of nitrogens with one attached hydrogen (secondary N) is 1. The molecule has 0 bridgehead atoms. The van der Waals surface area contributed by atoms with Crippen molar-refractivity contribution in [3.05, 3.63) is 28.2 Å². The molecule has 0 aromatic heterocycles. The molecule has 0 unspecified atom stereocenters. The highest BCUT2D eigenvalue weighted by Gasteiger charge is 2.18. The van der Waals surface area contributed by atoms with E-state index in [-0.39, 0.29) is 5.91 Å². The Bertz CT molecular complexity index is 447. The Balaban J connectivity index is 1.77. The lowest BCUT2D eigenvalue weighted by Crippen LogP contribution is -2.27. The van der Waals surface area contributed by atoms with Crippen molar-refractivity contribution in [2.24, 2.45) is 11.8 Å². The average Bonchev–Trinajstić information content (AvgIpc) is 2.40. The van der Waals surface area contributed by atoms with Crippen LogP contribution in [0.3, 0.4) is 0 Å². The minimum Gasteiger partial charge on any atom is -0.399 e. The molecule has 1 aliphatic carbocycles. The van der Waals surface area contributed by atoms with Gasteiger partial charge in [-0.05, 0) is 36.5 Å². The molecule has 4 heteroatoms. The van der Waals surface area contributed by atoms with E-state index in [1.54, 1.807) is 18.2 Å². The molecule has 0 heterocycles. The van der Waals surface area contributed by atoms with Crippen LogP contribution in [0.4, 0.5) is 5.69 Å². The standard InChI is InChI=1S/C16H23BrN2O/c1-11-2-4-12(5-3-11)6-7-19-16(20)13-8-14(17)10-15(18)9-13/h8-12H,2-7,18H2,1H3,(H,19,20). The third-order valence-electron chi connectivity index (χ3n) is 4.16. The molecule has 2 rings (SSSR count). The summed E-state index contributed by atoms with van der Waals surface area (Å²) < 4.78 is 0.837. The number of nitrogens with two attached hydrogens (primary N) is 1. The number of rotatable bonds is 4. The molecule has 0 aliphatic heterocycles. The number of hydrogen-bond acceptors (Lipinski definition) is 2. The molecule has 110 valence electrons. The summed E-state index contributed by atoms with van der Waals surface area (Å²) in [6.45, 7) is 3.08. The molecule has 0 spiro atoms. The van der Waals surface area contributed by atoms with Crippen LogP contribution in [0.1, 0.15) is 49.4 Å². The van der Waals surface area contributed by atoms with Crippen molar-refractivity contribution in [1.29, 1.82) is 0 Å². The SMILES string of the molecule is CC1CCC(CCNC(=O)c2cc(N)cc(Br)c2)CC1. The first-order valence-corrected chi connectivity index (χ1v) is 8.18. The highest BCUT2D eigenvalue weighted by Crippen LogP contribution is 2.29. The van der Waals surface area contributed by atoms with Crippen LogP contribution in [0.5, 0.6) is 0 Å². The Morgan fingerprint density at radius 1 is 1.30 bits per heavy atom. The van der Waals surface area contributed by atoms with Gasteiger partial charge in [-0.1, -0.05) is 48.5 Å². The lowest BCUT2D eigenvalue weighted by molar-refractivity contribution is 0.0949.